The van der Waals surface area contributed by atoms with E-state index in [1.165, 1.54) is 18.2 Å². The van der Waals surface area contributed by atoms with E-state index in [0.29, 0.717) is 49.7 Å². The predicted octanol–water partition coefficient (Wildman–Crippen LogP) is 3.29. The van der Waals surface area contributed by atoms with Gasteiger partial charge in [0.15, 0.2) is 0 Å². The molecule has 4 rings (SSSR count). The molecule has 0 radical (unpaired) electrons. The number of amides is 3. The summed E-state index contributed by atoms with van der Waals surface area (Å²) in [5, 5.41) is 23.2. The normalized spacial score (nSPS) is 13.7. The maximum absolute atomic E-state index is 13.3. The van der Waals surface area contributed by atoms with Crippen molar-refractivity contribution in [1.82, 2.24) is 15.2 Å². The number of nitrogens with zero attached hydrogens (tertiary/aromatic N) is 2. The number of aromatic nitrogens is 1. The van der Waals surface area contributed by atoms with Gasteiger partial charge in [-0.05, 0) is 67.3 Å². The Kier molecular flexibility index (Phi) is 10.1. The van der Waals surface area contributed by atoms with Gasteiger partial charge in [-0.1, -0.05) is 26.0 Å². The first kappa shape index (κ1) is 31.8. The number of nitrogen functional groups attached to an aromatic ring is 1. The Balaban J connectivity index is 1.63. The van der Waals surface area contributed by atoms with Gasteiger partial charge in [0, 0.05) is 41.2 Å². The summed E-state index contributed by atoms with van der Waals surface area (Å²) in [4.78, 5) is 58.4. The molecule has 0 spiro atoms. The maximum atomic E-state index is 13.3. The molecule has 6 N–H and O–H groups in total. The second kappa shape index (κ2) is 13.9. The monoisotopic (exact) mass is 600 g/mol. The molecule has 1 aliphatic heterocycles. The quantitative estimate of drug-likeness (QED) is 0.173. The molecule has 2 heterocycles. The first-order chi connectivity index (χ1) is 20.9. The van der Waals surface area contributed by atoms with Crippen molar-refractivity contribution in [2.45, 2.75) is 33.2 Å². The number of carboxylic acid groups (broad SMARTS) is 1. The summed E-state index contributed by atoms with van der Waals surface area (Å²) < 4.78 is 5.34. The minimum absolute atomic E-state index is 0.00606. The first-order valence-corrected chi connectivity index (χ1v) is 14.2. The van der Waals surface area contributed by atoms with Crippen LogP contribution in [0.2, 0.25) is 0 Å². The third-order valence-electron chi connectivity index (χ3n) is 7.14. The second-order valence-corrected chi connectivity index (χ2v) is 11.0. The lowest BCUT2D eigenvalue weighted by Crippen LogP contribution is -2.52. The molecule has 0 saturated carbocycles. The van der Waals surface area contributed by atoms with Crippen molar-refractivity contribution in [2.24, 2.45) is 11.7 Å². The summed E-state index contributed by atoms with van der Waals surface area (Å²) in [7, 11) is 0. The number of carboxylic acids is 1. The van der Waals surface area contributed by atoms with Gasteiger partial charge in [-0.3, -0.25) is 19.8 Å². The average Bonchev–Trinajstić information content (AvgIpc) is 3.00. The number of nitrogens with two attached hydrogens (primary N) is 1. The number of morpholine rings is 1. The van der Waals surface area contributed by atoms with Crippen LogP contribution in [0.1, 0.15) is 62.7 Å². The molecule has 12 nitrogen and oxygen atoms in total. The molecule has 2 aromatic carbocycles. The smallest absolute Gasteiger partial charge is 0.336 e. The summed E-state index contributed by atoms with van der Waals surface area (Å²) >= 11 is 0. The van der Waals surface area contributed by atoms with Crippen molar-refractivity contribution in [3.05, 3.63) is 82.7 Å². The summed E-state index contributed by atoms with van der Waals surface area (Å²) in [6, 6.07) is 13.0. The number of hydrogen-bond acceptors (Lipinski definition) is 7. The summed E-state index contributed by atoms with van der Waals surface area (Å²) in [5.41, 5.74) is 7.28. The van der Waals surface area contributed by atoms with Crippen LogP contribution in [0.15, 0.2) is 54.6 Å². The van der Waals surface area contributed by atoms with E-state index in [9.17, 15) is 24.3 Å². The number of hydrogen-bond donors (Lipinski definition) is 5. The lowest BCUT2D eigenvalue weighted by Gasteiger charge is -2.31. The number of aryl methyl sites for hydroxylation is 1. The molecular formula is C32H36N6O6. The highest BCUT2D eigenvalue weighted by Crippen LogP contribution is 2.29. The van der Waals surface area contributed by atoms with Crippen LogP contribution in [-0.2, 0) is 9.53 Å². The van der Waals surface area contributed by atoms with Crippen LogP contribution >= 0.6 is 0 Å². The molecule has 0 bridgehead atoms. The Morgan fingerprint density at radius 3 is 2.23 bits per heavy atom. The number of ether oxygens (including phenoxy) is 1. The highest BCUT2D eigenvalue weighted by atomic mass is 16.5. The Morgan fingerprint density at radius 2 is 1.61 bits per heavy atom. The van der Waals surface area contributed by atoms with Gasteiger partial charge >= 0.3 is 5.97 Å². The van der Waals surface area contributed by atoms with E-state index in [1.807, 2.05) is 13.8 Å². The number of aromatic carboxylic acids is 1. The third kappa shape index (κ3) is 7.64. The van der Waals surface area contributed by atoms with Crippen LogP contribution in [0, 0.1) is 18.3 Å². The molecule has 1 fully saturated rings. The van der Waals surface area contributed by atoms with E-state index in [1.54, 1.807) is 48.2 Å². The highest BCUT2D eigenvalue weighted by Gasteiger charge is 2.29. The van der Waals surface area contributed by atoms with Gasteiger partial charge in [0.25, 0.3) is 11.8 Å². The van der Waals surface area contributed by atoms with Crippen molar-refractivity contribution >= 4 is 35.2 Å². The molecule has 1 saturated heterocycles. The van der Waals surface area contributed by atoms with Crippen LogP contribution < -0.4 is 16.4 Å². The van der Waals surface area contributed by atoms with Gasteiger partial charge in [0.1, 0.15) is 17.6 Å². The molecular weight excluding hydrogens is 564 g/mol. The lowest BCUT2D eigenvalue weighted by molar-refractivity contribution is -0.137. The van der Waals surface area contributed by atoms with E-state index in [0.717, 1.165) is 0 Å². The summed E-state index contributed by atoms with van der Waals surface area (Å²) in [6.45, 7) is 7.34. The average molecular weight is 601 g/mol. The summed E-state index contributed by atoms with van der Waals surface area (Å²) in [5.74, 6) is -2.65. The van der Waals surface area contributed by atoms with Crippen LogP contribution in [0.3, 0.4) is 0 Å². The largest absolute Gasteiger partial charge is 0.478 e. The molecule has 1 aromatic heterocycles. The number of carbonyl (C=O) groups is 4. The molecule has 3 amide bonds. The van der Waals surface area contributed by atoms with E-state index in [4.69, 9.17) is 15.9 Å². The van der Waals surface area contributed by atoms with Gasteiger partial charge in [-0.25, -0.2) is 9.78 Å². The zero-order valence-electron chi connectivity index (χ0n) is 24.8. The molecule has 0 aliphatic carbocycles. The van der Waals surface area contributed by atoms with Gasteiger partial charge in [0.2, 0.25) is 5.91 Å². The van der Waals surface area contributed by atoms with Crippen molar-refractivity contribution in [3.8, 4) is 11.1 Å². The van der Waals surface area contributed by atoms with Gasteiger partial charge in [-0.15, -0.1) is 0 Å². The molecule has 44 heavy (non-hydrogen) atoms. The molecule has 3 aromatic rings. The fraction of sp³-hybridized carbons (Fsp3) is 0.312. The van der Waals surface area contributed by atoms with Crippen molar-refractivity contribution in [1.29, 1.82) is 5.41 Å². The van der Waals surface area contributed by atoms with Crippen LogP contribution in [0.25, 0.3) is 11.1 Å². The minimum atomic E-state index is -1.30. The van der Waals surface area contributed by atoms with Gasteiger partial charge in [-0.2, -0.15) is 0 Å². The van der Waals surface area contributed by atoms with Crippen LogP contribution in [0.4, 0.5) is 5.69 Å². The number of amidine groups is 1. The number of benzene rings is 2. The van der Waals surface area contributed by atoms with E-state index in [-0.39, 0.29) is 45.6 Å². The topological polar surface area (TPSA) is 188 Å². The van der Waals surface area contributed by atoms with Crippen LogP contribution in [0.5, 0.6) is 0 Å². The predicted molar refractivity (Wildman–Crippen MR) is 165 cm³/mol. The Morgan fingerprint density at radius 1 is 0.977 bits per heavy atom. The molecule has 12 heteroatoms. The number of nitrogens with one attached hydrogen (secondary N) is 3. The third-order valence-corrected chi connectivity index (χ3v) is 7.14. The van der Waals surface area contributed by atoms with E-state index in [2.05, 4.69) is 15.6 Å². The summed E-state index contributed by atoms with van der Waals surface area (Å²) in [6.07, 6.45) is 0.413. The number of anilines is 1. The van der Waals surface area contributed by atoms with E-state index < -0.39 is 23.8 Å². The Bertz CT molecular complexity index is 1580. The van der Waals surface area contributed by atoms with Crippen LogP contribution in [-0.4, -0.2) is 76.9 Å². The Hall–Kier alpha value is -5.10. The fourth-order valence-corrected chi connectivity index (χ4v) is 4.91. The molecule has 230 valence electrons. The number of pyridine rings is 1. The minimum Gasteiger partial charge on any atom is -0.478 e. The SMILES string of the molecule is Cc1ccc(-c2ccc(C(=O)N[C@@H](CC(C)C)C(=O)N3CCOCC3)cc2C(=O)O)c(C(=O)Nc2ccc(C(=N)N)cc2)n1. The zero-order chi connectivity index (χ0) is 32.0. The van der Waals surface area contributed by atoms with Crippen molar-refractivity contribution in [2.75, 3.05) is 31.6 Å². The van der Waals surface area contributed by atoms with Gasteiger partial charge in [0.05, 0.1) is 18.8 Å². The number of rotatable bonds is 10. The highest BCUT2D eigenvalue weighted by molar-refractivity contribution is 6.10. The Labute approximate surface area is 255 Å². The van der Waals surface area contributed by atoms with Crippen molar-refractivity contribution < 1.29 is 29.0 Å². The molecule has 1 atom stereocenters. The number of carbonyl (C=O) groups excluding carboxylic acids is 3. The van der Waals surface area contributed by atoms with E-state index >= 15 is 0 Å². The van der Waals surface area contributed by atoms with Crippen molar-refractivity contribution in [3.63, 3.8) is 0 Å². The fourth-order valence-electron chi connectivity index (χ4n) is 4.91. The molecule has 1 aliphatic rings. The van der Waals surface area contributed by atoms with Gasteiger partial charge < -0.3 is 31.1 Å². The zero-order valence-corrected chi connectivity index (χ0v) is 24.8. The lowest BCUT2D eigenvalue weighted by atomic mass is 9.95. The standard InChI is InChI=1S/C32H36N6O6/c1-18(2)16-26(31(41)38-12-14-44-15-13-38)37-29(39)21-7-11-23(25(17-21)32(42)43)24-10-4-19(3)35-27(24)30(40)36-22-8-5-20(6-9-22)28(33)34/h4-11,17-18,26H,12-16H2,1-3H3,(H3,33,34)(H,36,40)(H,37,39)(H,42,43)/t26-/m0/s1. The first-order valence-electron chi connectivity index (χ1n) is 14.2. The maximum Gasteiger partial charge on any atom is 0.336 e. The molecule has 0 unspecified atom stereocenters. The second-order valence-electron chi connectivity index (χ2n) is 11.0.